The molecule has 2 heterocycles. The molecule has 35 heavy (non-hydrogen) atoms. The second-order valence-electron chi connectivity index (χ2n) is 7.51. The first-order valence-corrected chi connectivity index (χ1v) is 12.4. The minimum Gasteiger partial charge on any atom is -0.568 e. The molecule has 0 spiro atoms. The largest absolute Gasteiger partial charge is 0.568 e. The highest BCUT2D eigenvalue weighted by molar-refractivity contribution is 7.24. The van der Waals surface area contributed by atoms with Crippen LogP contribution in [0.15, 0.2) is 30.5 Å². The zero-order valence-corrected chi connectivity index (χ0v) is 20.6. The fourth-order valence-corrected chi connectivity index (χ4v) is 4.70. The Kier molecular flexibility index (Phi) is 9.28. The molecular weight excluding hydrogens is 509 g/mol. The number of rotatable bonds is 11. The number of alkyl halides is 3. The molecule has 2 atom stereocenters. The van der Waals surface area contributed by atoms with Gasteiger partial charge in [0.05, 0.1) is 33.5 Å². The standard InChI is InChI=1S/C23H24ClF3N2O5S/c1-3-5-6-19(22(30)33-10-9-32-4-2)34-15-7-8-16-18(12-15)29-35(31)21(16)20-17(24)11-14(13-28-20)23(25,26)27/h7-8,11-13,19H,3-6,9-10H2,1-2H3. The molecule has 0 N–H and O–H groups in total. The van der Waals surface area contributed by atoms with E-state index in [1.807, 2.05) is 13.8 Å². The van der Waals surface area contributed by atoms with Gasteiger partial charge in [-0.1, -0.05) is 24.9 Å². The highest BCUT2D eigenvalue weighted by Crippen LogP contribution is 2.42. The van der Waals surface area contributed by atoms with Crippen molar-refractivity contribution in [2.45, 2.75) is 45.4 Å². The molecule has 0 aliphatic carbocycles. The third kappa shape index (κ3) is 6.81. The molecule has 12 heteroatoms. The van der Waals surface area contributed by atoms with E-state index in [-0.39, 0.29) is 34.3 Å². The quantitative estimate of drug-likeness (QED) is 0.164. The summed E-state index contributed by atoms with van der Waals surface area (Å²) >= 11 is 6.05. The molecule has 0 aliphatic rings. The number of pyridine rings is 1. The first-order chi connectivity index (χ1) is 16.7. The third-order valence-corrected chi connectivity index (χ3v) is 6.40. The van der Waals surface area contributed by atoms with E-state index >= 15 is 0 Å². The van der Waals surface area contributed by atoms with E-state index in [0.717, 1.165) is 18.9 Å². The van der Waals surface area contributed by atoms with E-state index in [1.165, 1.54) is 6.07 Å². The lowest BCUT2D eigenvalue weighted by atomic mass is 10.1. The summed E-state index contributed by atoms with van der Waals surface area (Å²) in [7, 11) is -1.93. The number of hydrogen-bond donors (Lipinski definition) is 0. The smallest absolute Gasteiger partial charge is 0.417 e. The molecule has 7 nitrogen and oxygen atoms in total. The average molecular weight is 533 g/mol. The average Bonchev–Trinajstić information content (AvgIpc) is 3.13. The van der Waals surface area contributed by atoms with Gasteiger partial charge in [-0.3, -0.25) is 0 Å². The van der Waals surface area contributed by atoms with Crippen molar-refractivity contribution >= 4 is 39.4 Å². The first-order valence-electron chi connectivity index (χ1n) is 10.9. The summed E-state index contributed by atoms with van der Waals surface area (Å²) in [6, 6.07) is 5.35. The molecule has 0 saturated heterocycles. The van der Waals surface area contributed by atoms with Gasteiger partial charge in [0.25, 0.3) is 0 Å². The Balaban J connectivity index is 1.85. The van der Waals surface area contributed by atoms with Gasteiger partial charge in [-0.15, -0.1) is 0 Å². The number of esters is 1. The molecule has 0 bridgehead atoms. The Hall–Kier alpha value is -2.47. The Labute approximate surface area is 208 Å². The number of aromatic nitrogens is 2. The van der Waals surface area contributed by atoms with Crippen molar-refractivity contribution < 1.29 is 36.7 Å². The van der Waals surface area contributed by atoms with Gasteiger partial charge in [0.2, 0.25) is 4.88 Å². The number of fused-ring (bicyclic) bond motifs is 1. The summed E-state index contributed by atoms with van der Waals surface area (Å²) in [6.07, 6.45) is -2.80. The van der Waals surface area contributed by atoms with Crippen LogP contribution in [0.1, 0.15) is 38.7 Å². The van der Waals surface area contributed by atoms with Crippen LogP contribution in [0.2, 0.25) is 5.02 Å². The van der Waals surface area contributed by atoms with E-state index in [1.54, 1.807) is 12.1 Å². The number of benzene rings is 1. The molecule has 2 unspecified atom stereocenters. The molecular formula is C23H24ClF3N2O5S. The molecule has 0 fully saturated rings. The lowest BCUT2D eigenvalue weighted by Crippen LogP contribution is -2.30. The van der Waals surface area contributed by atoms with Crippen LogP contribution >= 0.6 is 22.5 Å². The van der Waals surface area contributed by atoms with Crippen LogP contribution in [0.25, 0.3) is 21.5 Å². The molecule has 2 aromatic heterocycles. The van der Waals surface area contributed by atoms with Gasteiger partial charge in [0.1, 0.15) is 23.6 Å². The van der Waals surface area contributed by atoms with Crippen molar-refractivity contribution in [1.82, 2.24) is 9.36 Å². The fraction of sp³-hybridized carbons (Fsp3) is 0.435. The van der Waals surface area contributed by atoms with Crippen LogP contribution in [-0.2, 0) is 20.4 Å². The molecule has 3 aromatic rings. The summed E-state index contributed by atoms with van der Waals surface area (Å²) in [6.45, 7) is 4.73. The van der Waals surface area contributed by atoms with Crippen molar-refractivity contribution in [3.05, 3.63) is 41.0 Å². The Bertz CT molecular complexity index is 1170. The van der Waals surface area contributed by atoms with E-state index in [2.05, 4.69) is 9.36 Å². The minimum absolute atomic E-state index is 0.0483. The lowest BCUT2D eigenvalue weighted by Gasteiger charge is -2.18. The highest BCUT2D eigenvalue weighted by Gasteiger charge is 2.33. The molecule has 1 aromatic carbocycles. The lowest BCUT2D eigenvalue weighted by molar-refractivity contribution is -0.153. The Morgan fingerprint density at radius 1 is 1.23 bits per heavy atom. The van der Waals surface area contributed by atoms with Crippen molar-refractivity contribution in [1.29, 1.82) is 0 Å². The Morgan fingerprint density at radius 2 is 2.00 bits per heavy atom. The summed E-state index contributed by atoms with van der Waals surface area (Å²) < 4.78 is 71.8. The Morgan fingerprint density at radius 3 is 2.66 bits per heavy atom. The molecule has 0 aliphatic heterocycles. The predicted octanol–water partition coefficient (Wildman–Crippen LogP) is 6.21. The molecule has 3 rings (SSSR count). The summed E-state index contributed by atoms with van der Waals surface area (Å²) in [4.78, 5) is 16.4. The number of unbranched alkanes of at least 4 members (excludes halogenated alkanes) is 1. The van der Waals surface area contributed by atoms with E-state index in [4.69, 9.17) is 25.8 Å². The van der Waals surface area contributed by atoms with Crippen LogP contribution in [-0.4, -0.2) is 45.8 Å². The van der Waals surface area contributed by atoms with Crippen LogP contribution in [0.5, 0.6) is 5.75 Å². The van der Waals surface area contributed by atoms with Crippen molar-refractivity contribution in [3.8, 4) is 16.3 Å². The van der Waals surface area contributed by atoms with Crippen LogP contribution in [0.3, 0.4) is 0 Å². The maximum atomic E-state index is 12.9. The monoisotopic (exact) mass is 532 g/mol. The van der Waals surface area contributed by atoms with Gasteiger partial charge in [-0.2, -0.15) is 13.2 Å². The maximum Gasteiger partial charge on any atom is 0.417 e. The third-order valence-electron chi connectivity index (χ3n) is 4.99. The zero-order chi connectivity index (χ0) is 25.6. The van der Waals surface area contributed by atoms with E-state index in [0.29, 0.717) is 30.4 Å². The number of carbonyl (C=O) groups is 1. The molecule has 0 amide bonds. The number of carbonyl (C=O) groups excluding carboxylic acids is 1. The number of nitrogens with zero attached hydrogens (tertiary/aromatic N) is 2. The molecule has 0 saturated carbocycles. The number of halogens is 4. The number of hydrogen-bond acceptors (Lipinski definition) is 7. The highest BCUT2D eigenvalue weighted by atomic mass is 35.5. The molecule has 190 valence electrons. The van der Waals surface area contributed by atoms with Crippen molar-refractivity contribution in [3.63, 3.8) is 0 Å². The van der Waals surface area contributed by atoms with Gasteiger partial charge >= 0.3 is 12.1 Å². The van der Waals surface area contributed by atoms with Crippen LogP contribution in [0, 0.1) is 0 Å². The van der Waals surface area contributed by atoms with Crippen molar-refractivity contribution in [2.75, 3.05) is 19.8 Å². The van der Waals surface area contributed by atoms with Gasteiger partial charge in [-0.25, -0.2) is 9.78 Å². The van der Waals surface area contributed by atoms with Crippen LogP contribution < -0.4 is 4.74 Å². The van der Waals surface area contributed by atoms with Gasteiger partial charge in [0, 0.05) is 18.9 Å². The second kappa shape index (κ2) is 12.0. The topological polar surface area (TPSA) is 93.6 Å². The normalized spacial score (nSPS) is 13.2. The maximum absolute atomic E-state index is 12.9. The second-order valence-corrected chi connectivity index (χ2v) is 9.01. The van der Waals surface area contributed by atoms with Gasteiger partial charge < -0.3 is 18.8 Å². The van der Waals surface area contributed by atoms with Gasteiger partial charge in [-0.05, 0) is 42.3 Å². The molecule has 0 radical (unpaired) electrons. The first kappa shape index (κ1) is 27.1. The zero-order valence-electron chi connectivity index (χ0n) is 19.1. The summed E-state index contributed by atoms with van der Waals surface area (Å²) in [5.41, 5.74) is -0.775. The van der Waals surface area contributed by atoms with E-state index < -0.39 is 34.8 Å². The number of ether oxygens (including phenoxy) is 3. The van der Waals surface area contributed by atoms with E-state index in [9.17, 15) is 22.5 Å². The fourth-order valence-electron chi connectivity index (χ4n) is 3.27. The van der Waals surface area contributed by atoms with Gasteiger partial charge in [0.15, 0.2) is 6.10 Å². The van der Waals surface area contributed by atoms with Crippen molar-refractivity contribution in [2.24, 2.45) is 0 Å². The summed E-state index contributed by atoms with van der Waals surface area (Å²) in [5.74, 6) is -0.216. The minimum atomic E-state index is -4.61. The summed E-state index contributed by atoms with van der Waals surface area (Å²) in [5, 5.41) is 0.107. The SMILES string of the molecule is CCCCC(Oc1ccc2c(-c3ncc(C(F)(F)F)cc3Cl)[s+]([O-])nc2c1)C(=O)OCCOCC. The van der Waals surface area contributed by atoms with Crippen LogP contribution in [0.4, 0.5) is 13.2 Å². The predicted molar refractivity (Wildman–Crippen MR) is 125 cm³/mol.